The Bertz CT molecular complexity index is 963. The molecule has 28 heavy (non-hydrogen) atoms. The van der Waals surface area contributed by atoms with Crippen molar-refractivity contribution in [3.05, 3.63) is 60.5 Å². The van der Waals surface area contributed by atoms with E-state index in [-0.39, 0.29) is 24.2 Å². The number of rotatable bonds is 7. The molecule has 1 saturated carbocycles. The minimum Gasteiger partial charge on any atom is -0.339 e. The first-order valence-corrected chi connectivity index (χ1v) is 9.26. The fraction of sp³-hybridized carbons (Fsp3) is 0.238. The minimum atomic E-state index is -0.144. The first kappa shape index (κ1) is 17.9. The molecule has 2 aromatic carbocycles. The molecule has 2 amide bonds. The van der Waals surface area contributed by atoms with Gasteiger partial charge in [-0.15, -0.1) is 0 Å². The van der Waals surface area contributed by atoms with E-state index in [0.29, 0.717) is 23.8 Å². The molecule has 1 aliphatic carbocycles. The number of nitrogens with zero attached hydrogens (tertiary/aromatic N) is 2. The molecule has 1 fully saturated rings. The molecule has 0 unspecified atom stereocenters. The quantitative estimate of drug-likeness (QED) is 0.656. The van der Waals surface area contributed by atoms with E-state index in [1.54, 1.807) is 24.3 Å². The molecule has 142 valence electrons. The van der Waals surface area contributed by atoms with E-state index in [4.69, 9.17) is 4.52 Å². The number of amides is 2. The maximum absolute atomic E-state index is 12.2. The van der Waals surface area contributed by atoms with Gasteiger partial charge in [0.15, 0.2) is 0 Å². The fourth-order valence-corrected chi connectivity index (χ4v) is 2.73. The van der Waals surface area contributed by atoms with Crippen LogP contribution >= 0.6 is 0 Å². The zero-order valence-electron chi connectivity index (χ0n) is 15.2. The van der Waals surface area contributed by atoms with Crippen LogP contribution in [0.15, 0.2) is 59.1 Å². The summed E-state index contributed by atoms with van der Waals surface area (Å²) in [5.74, 6) is 1.01. The summed E-state index contributed by atoms with van der Waals surface area (Å²) in [4.78, 5) is 28.2. The van der Waals surface area contributed by atoms with Gasteiger partial charge in [-0.3, -0.25) is 9.59 Å². The van der Waals surface area contributed by atoms with Crippen LogP contribution < -0.4 is 10.6 Å². The highest BCUT2D eigenvalue weighted by atomic mass is 16.5. The van der Waals surface area contributed by atoms with E-state index in [0.717, 1.165) is 24.1 Å². The summed E-state index contributed by atoms with van der Waals surface area (Å²) in [6.07, 6.45) is 2.53. The van der Waals surface area contributed by atoms with Crippen molar-refractivity contribution in [2.24, 2.45) is 5.92 Å². The predicted molar refractivity (Wildman–Crippen MR) is 104 cm³/mol. The highest BCUT2D eigenvalue weighted by molar-refractivity contribution is 5.95. The molecule has 7 nitrogen and oxygen atoms in total. The Labute approximate surface area is 162 Å². The number of benzene rings is 2. The van der Waals surface area contributed by atoms with E-state index in [9.17, 15) is 9.59 Å². The summed E-state index contributed by atoms with van der Waals surface area (Å²) >= 11 is 0. The second kappa shape index (κ2) is 8.04. The molecule has 7 heteroatoms. The molecule has 4 rings (SSSR count). The third-order valence-corrected chi connectivity index (χ3v) is 4.45. The van der Waals surface area contributed by atoms with Crippen molar-refractivity contribution in [2.75, 3.05) is 10.6 Å². The Morgan fingerprint density at radius 2 is 1.64 bits per heavy atom. The fourth-order valence-electron chi connectivity index (χ4n) is 2.73. The maximum Gasteiger partial charge on any atom is 0.227 e. The molecule has 0 saturated heterocycles. The molecule has 0 aliphatic heterocycles. The Balaban J connectivity index is 1.26. The zero-order valence-corrected chi connectivity index (χ0v) is 15.2. The number of carbonyl (C=O) groups excluding carboxylic acids is 2. The van der Waals surface area contributed by atoms with Crippen molar-refractivity contribution < 1.29 is 14.1 Å². The molecule has 0 radical (unpaired) electrons. The van der Waals surface area contributed by atoms with Crippen LogP contribution in [0.4, 0.5) is 11.4 Å². The third kappa shape index (κ3) is 4.62. The molecule has 2 N–H and O–H groups in total. The Kier molecular flexibility index (Phi) is 5.14. The molecular weight excluding hydrogens is 356 g/mol. The second-order valence-electron chi connectivity index (χ2n) is 6.77. The normalized spacial score (nSPS) is 13.1. The van der Waals surface area contributed by atoms with Gasteiger partial charge in [0.2, 0.25) is 23.5 Å². The lowest BCUT2D eigenvalue weighted by Gasteiger charge is -2.07. The molecular formula is C21H20N4O3. The number of aromatic nitrogens is 2. The Morgan fingerprint density at radius 3 is 2.32 bits per heavy atom. The predicted octanol–water partition coefficient (Wildman–Crippen LogP) is 3.66. The van der Waals surface area contributed by atoms with Gasteiger partial charge in [0, 0.05) is 35.7 Å². The number of anilines is 2. The lowest BCUT2D eigenvalue weighted by atomic mass is 10.2. The lowest BCUT2D eigenvalue weighted by Crippen LogP contribution is -2.14. The summed E-state index contributed by atoms with van der Waals surface area (Å²) in [5.41, 5.74) is 2.27. The van der Waals surface area contributed by atoms with Crippen LogP contribution in [0.25, 0.3) is 11.4 Å². The van der Waals surface area contributed by atoms with E-state index in [2.05, 4.69) is 20.8 Å². The zero-order chi connectivity index (χ0) is 19.3. The van der Waals surface area contributed by atoms with Gasteiger partial charge in [0.25, 0.3) is 0 Å². The highest BCUT2D eigenvalue weighted by Gasteiger charge is 2.29. The van der Waals surface area contributed by atoms with Crippen LogP contribution in [0.1, 0.15) is 25.2 Å². The molecule has 0 spiro atoms. The van der Waals surface area contributed by atoms with Crippen LogP contribution in [-0.2, 0) is 16.0 Å². The number of carbonyl (C=O) groups is 2. The van der Waals surface area contributed by atoms with Crippen LogP contribution in [0, 0.1) is 5.92 Å². The SMILES string of the molecule is O=C(CCc1nc(-c2ccccc2)no1)Nc1ccc(NC(=O)C2CC2)cc1. The summed E-state index contributed by atoms with van der Waals surface area (Å²) < 4.78 is 5.22. The minimum absolute atomic E-state index is 0.0613. The Morgan fingerprint density at radius 1 is 0.964 bits per heavy atom. The average Bonchev–Trinajstić information content (AvgIpc) is 3.47. The topological polar surface area (TPSA) is 97.1 Å². The monoisotopic (exact) mass is 376 g/mol. The van der Waals surface area contributed by atoms with Crippen molar-refractivity contribution in [1.29, 1.82) is 0 Å². The van der Waals surface area contributed by atoms with E-state index >= 15 is 0 Å². The second-order valence-corrected chi connectivity index (χ2v) is 6.77. The molecule has 3 aromatic rings. The number of hydrogen-bond acceptors (Lipinski definition) is 5. The summed E-state index contributed by atoms with van der Waals surface area (Å²) in [6.45, 7) is 0. The van der Waals surface area contributed by atoms with Gasteiger partial charge in [0.1, 0.15) is 0 Å². The molecule has 1 heterocycles. The number of aryl methyl sites for hydroxylation is 1. The summed E-state index contributed by atoms with van der Waals surface area (Å²) in [7, 11) is 0. The van der Waals surface area contributed by atoms with E-state index in [1.165, 1.54) is 0 Å². The van der Waals surface area contributed by atoms with Crippen LogP contribution in [0.2, 0.25) is 0 Å². The maximum atomic E-state index is 12.2. The lowest BCUT2D eigenvalue weighted by molar-refractivity contribution is -0.117. The summed E-state index contributed by atoms with van der Waals surface area (Å²) in [6, 6.07) is 16.6. The molecule has 0 bridgehead atoms. The largest absolute Gasteiger partial charge is 0.339 e. The first-order chi connectivity index (χ1) is 13.7. The van der Waals surface area contributed by atoms with Crippen LogP contribution in [0.3, 0.4) is 0 Å². The van der Waals surface area contributed by atoms with Gasteiger partial charge >= 0.3 is 0 Å². The number of hydrogen-bond donors (Lipinski definition) is 2. The van der Waals surface area contributed by atoms with E-state index < -0.39 is 0 Å². The van der Waals surface area contributed by atoms with Gasteiger partial charge in [-0.2, -0.15) is 4.98 Å². The van der Waals surface area contributed by atoms with Crippen LogP contribution in [0.5, 0.6) is 0 Å². The van der Waals surface area contributed by atoms with Crippen molar-refractivity contribution >= 4 is 23.2 Å². The van der Waals surface area contributed by atoms with Gasteiger partial charge in [-0.1, -0.05) is 35.5 Å². The molecule has 1 aromatic heterocycles. The smallest absolute Gasteiger partial charge is 0.227 e. The average molecular weight is 376 g/mol. The van der Waals surface area contributed by atoms with Crippen LogP contribution in [-0.4, -0.2) is 22.0 Å². The van der Waals surface area contributed by atoms with Gasteiger partial charge < -0.3 is 15.2 Å². The van der Waals surface area contributed by atoms with Gasteiger partial charge in [0.05, 0.1) is 0 Å². The first-order valence-electron chi connectivity index (χ1n) is 9.26. The molecule has 0 atom stereocenters. The van der Waals surface area contributed by atoms with Gasteiger partial charge in [-0.25, -0.2) is 0 Å². The third-order valence-electron chi connectivity index (χ3n) is 4.45. The highest BCUT2D eigenvalue weighted by Crippen LogP contribution is 2.30. The van der Waals surface area contributed by atoms with Gasteiger partial charge in [-0.05, 0) is 37.1 Å². The number of nitrogens with one attached hydrogen (secondary N) is 2. The van der Waals surface area contributed by atoms with Crippen molar-refractivity contribution in [1.82, 2.24) is 10.1 Å². The summed E-state index contributed by atoms with van der Waals surface area (Å²) in [5, 5.41) is 9.64. The van der Waals surface area contributed by atoms with E-state index in [1.807, 2.05) is 30.3 Å². The standard InChI is InChI=1S/C21H20N4O3/c26-18(12-13-19-24-20(25-28-19)14-4-2-1-3-5-14)22-16-8-10-17(11-9-16)23-21(27)15-6-7-15/h1-5,8-11,15H,6-7,12-13H2,(H,22,26)(H,23,27). The van der Waals surface area contributed by atoms with Crippen molar-refractivity contribution in [2.45, 2.75) is 25.7 Å². The van der Waals surface area contributed by atoms with Crippen molar-refractivity contribution in [3.8, 4) is 11.4 Å². The molecule has 1 aliphatic rings. The Hall–Kier alpha value is -3.48. The van der Waals surface area contributed by atoms with Crippen molar-refractivity contribution in [3.63, 3.8) is 0 Å².